The standard InChI is InChI=1S/C11H15N3O3S/c1-2-3-7-17-9-6-4-5-8-10(9)11(12)14-18(15,16)13-8/h4-6,13H,2-3,7H2,1H3,(H2,12,14). The number of unbranched alkanes of at least 4 members (excludes halogenated alkanes) is 1. The summed E-state index contributed by atoms with van der Waals surface area (Å²) in [5.41, 5.74) is 6.58. The maximum atomic E-state index is 11.4. The van der Waals surface area contributed by atoms with Gasteiger partial charge in [0.1, 0.15) is 5.75 Å². The van der Waals surface area contributed by atoms with E-state index in [-0.39, 0.29) is 5.84 Å². The van der Waals surface area contributed by atoms with E-state index < -0.39 is 10.2 Å². The first kappa shape index (κ1) is 12.7. The van der Waals surface area contributed by atoms with Gasteiger partial charge in [-0.1, -0.05) is 19.4 Å². The van der Waals surface area contributed by atoms with Crippen molar-refractivity contribution in [2.45, 2.75) is 19.8 Å². The van der Waals surface area contributed by atoms with Crippen LogP contribution in [0.3, 0.4) is 0 Å². The van der Waals surface area contributed by atoms with Gasteiger partial charge in [0.15, 0.2) is 5.84 Å². The highest BCUT2D eigenvalue weighted by Crippen LogP contribution is 2.30. The van der Waals surface area contributed by atoms with Gasteiger partial charge in [-0.25, -0.2) is 0 Å². The molecule has 0 atom stereocenters. The minimum Gasteiger partial charge on any atom is -0.493 e. The Morgan fingerprint density at radius 3 is 2.94 bits per heavy atom. The molecule has 0 spiro atoms. The quantitative estimate of drug-likeness (QED) is 0.804. The maximum absolute atomic E-state index is 11.4. The zero-order valence-corrected chi connectivity index (χ0v) is 10.8. The molecule has 0 saturated carbocycles. The van der Waals surface area contributed by atoms with Crippen molar-refractivity contribution in [3.63, 3.8) is 0 Å². The van der Waals surface area contributed by atoms with Gasteiger partial charge in [-0.3, -0.25) is 4.72 Å². The van der Waals surface area contributed by atoms with Crippen molar-refractivity contribution in [3.8, 4) is 5.75 Å². The van der Waals surface area contributed by atoms with Crippen molar-refractivity contribution in [1.82, 2.24) is 0 Å². The van der Waals surface area contributed by atoms with Crippen LogP contribution in [-0.4, -0.2) is 20.9 Å². The molecule has 6 nitrogen and oxygen atoms in total. The molecule has 0 bridgehead atoms. The fraction of sp³-hybridized carbons (Fsp3) is 0.364. The number of benzene rings is 1. The van der Waals surface area contributed by atoms with Gasteiger partial charge in [0.2, 0.25) is 0 Å². The molecule has 2 rings (SSSR count). The second kappa shape index (κ2) is 4.85. The van der Waals surface area contributed by atoms with E-state index in [1.807, 2.05) is 0 Å². The summed E-state index contributed by atoms with van der Waals surface area (Å²) in [5, 5.41) is 0. The summed E-state index contributed by atoms with van der Waals surface area (Å²) < 4.78 is 34.1. The van der Waals surface area contributed by atoms with Crippen LogP contribution in [0, 0.1) is 0 Å². The van der Waals surface area contributed by atoms with E-state index in [1.165, 1.54) is 0 Å². The van der Waals surface area contributed by atoms with Gasteiger partial charge in [-0.15, -0.1) is 4.40 Å². The van der Waals surface area contributed by atoms with Crippen LogP contribution >= 0.6 is 0 Å². The Balaban J connectivity index is 2.36. The zero-order chi connectivity index (χ0) is 13.2. The van der Waals surface area contributed by atoms with E-state index in [0.717, 1.165) is 12.8 Å². The van der Waals surface area contributed by atoms with Gasteiger partial charge < -0.3 is 10.5 Å². The van der Waals surface area contributed by atoms with E-state index in [2.05, 4.69) is 16.0 Å². The third kappa shape index (κ3) is 2.56. The Morgan fingerprint density at radius 1 is 1.44 bits per heavy atom. The third-order valence-corrected chi connectivity index (χ3v) is 3.41. The topological polar surface area (TPSA) is 93.8 Å². The molecular weight excluding hydrogens is 254 g/mol. The van der Waals surface area contributed by atoms with Crippen LogP contribution in [0.4, 0.5) is 5.69 Å². The lowest BCUT2D eigenvalue weighted by molar-refractivity contribution is 0.309. The van der Waals surface area contributed by atoms with Crippen molar-refractivity contribution in [2.75, 3.05) is 11.3 Å². The van der Waals surface area contributed by atoms with Crippen LogP contribution in [0.1, 0.15) is 25.3 Å². The first-order chi connectivity index (χ1) is 8.53. The van der Waals surface area contributed by atoms with Crippen molar-refractivity contribution in [3.05, 3.63) is 23.8 Å². The van der Waals surface area contributed by atoms with Crippen LogP contribution in [0.15, 0.2) is 22.6 Å². The highest BCUT2D eigenvalue weighted by molar-refractivity contribution is 7.91. The van der Waals surface area contributed by atoms with Gasteiger partial charge in [-0.2, -0.15) is 8.42 Å². The van der Waals surface area contributed by atoms with E-state index in [0.29, 0.717) is 23.6 Å². The normalized spacial score (nSPS) is 16.4. The molecule has 0 saturated heterocycles. The smallest absolute Gasteiger partial charge is 0.344 e. The zero-order valence-electron chi connectivity index (χ0n) is 10.0. The lowest BCUT2D eigenvalue weighted by Gasteiger charge is -2.18. The highest BCUT2D eigenvalue weighted by atomic mass is 32.2. The fourth-order valence-electron chi connectivity index (χ4n) is 1.66. The Kier molecular flexibility index (Phi) is 3.42. The molecule has 1 aromatic carbocycles. The average Bonchev–Trinajstić information content (AvgIpc) is 2.27. The summed E-state index contributed by atoms with van der Waals surface area (Å²) in [4.78, 5) is 0. The van der Waals surface area contributed by atoms with Gasteiger partial charge >= 0.3 is 10.2 Å². The van der Waals surface area contributed by atoms with Crippen molar-refractivity contribution >= 4 is 21.7 Å². The van der Waals surface area contributed by atoms with Gasteiger partial charge in [0, 0.05) is 0 Å². The van der Waals surface area contributed by atoms with E-state index in [9.17, 15) is 8.42 Å². The van der Waals surface area contributed by atoms with E-state index in [1.54, 1.807) is 18.2 Å². The molecule has 1 aliphatic heterocycles. The summed E-state index contributed by atoms with van der Waals surface area (Å²) in [7, 11) is -3.73. The molecule has 18 heavy (non-hydrogen) atoms. The van der Waals surface area contributed by atoms with Crippen molar-refractivity contribution < 1.29 is 13.2 Å². The number of nitrogens with two attached hydrogens (primary N) is 1. The van der Waals surface area contributed by atoms with Crippen LogP contribution < -0.4 is 15.2 Å². The number of ether oxygens (including phenoxy) is 1. The van der Waals surface area contributed by atoms with Gasteiger partial charge in [0.25, 0.3) is 0 Å². The predicted octanol–water partition coefficient (Wildman–Crippen LogP) is 1.24. The molecule has 1 heterocycles. The number of fused-ring (bicyclic) bond motifs is 1. The van der Waals surface area contributed by atoms with Gasteiger partial charge in [-0.05, 0) is 18.6 Å². The number of hydrogen-bond donors (Lipinski definition) is 2. The minimum absolute atomic E-state index is 0.0455. The van der Waals surface area contributed by atoms with Crippen LogP contribution in [-0.2, 0) is 10.2 Å². The largest absolute Gasteiger partial charge is 0.493 e. The Morgan fingerprint density at radius 2 is 2.22 bits per heavy atom. The molecule has 0 radical (unpaired) electrons. The lowest BCUT2D eigenvalue weighted by atomic mass is 10.1. The van der Waals surface area contributed by atoms with E-state index in [4.69, 9.17) is 10.5 Å². The Bertz CT molecular complexity index is 581. The monoisotopic (exact) mass is 269 g/mol. The summed E-state index contributed by atoms with van der Waals surface area (Å²) >= 11 is 0. The van der Waals surface area contributed by atoms with Crippen molar-refractivity contribution in [2.24, 2.45) is 10.1 Å². The van der Waals surface area contributed by atoms with E-state index >= 15 is 0 Å². The first-order valence-electron chi connectivity index (χ1n) is 5.68. The number of nitrogens with one attached hydrogen (secondary N) is 1. The minimum atomic E-state index is -3.73. The second-order valence-electron chi connectivity index (χ2n) is 3.93. The number of nitrogens with zero attached hydrogens (tertiary/aromatic N) is 1. The molecule has 0 unspecified atom stereocenters. The number of amidine groups is 1. The number of anilines is 1. The summed E-state index contributed by atoms with van der Waals surface area (Å²) in [6.07, 6.45) is 1.94. The Labute approximate surface area is 106 Å². The maximum Gasteiger partial charge on any atom is 0.344 e. The molecular formula is C11H15N3O3S. The molecule has 0 fully saturated rings. The average molecular weight is 269 g/mol. The number of rotatable bonds is 4. The summed E-state index contributed by atoms with van der Waals surface area (Å²) in [6, 6.07) is 5.08. The predicted molar refractivity (Wildman–Crippen MR) is 70.1 cm³/mol. The third-order valence-electron chi connectivity index (χ3n) is 2.50. The second-order valence-corrected chi connectivity index (χ2v) is 5.27. The van der Waals surface area contributed by atoms with Crippen molar-refractivity contribution in [1.29, 1.82) is 0 Å². The molecule has 1 aliphatic rings. The van der Waals surface area contributed by atoms with Gasteiger partial charge in [0.05, 0.1) is 17.9 Å². The molecule has 7 heteroatoms. The SMILES string of the molecule is CCCCOc1cccc2c1C(N)=NS(=O)(=O)N2. The summed E-state index contributed by atoms with van der Waals surface area (Å²) in [5.74, 6) is 0.500. The lowest BCUT2D eigenvalue weighted by Crippen LogP contribution is -2.27. The van der Waals surface area contributed by atoms with Crippen LogP contribution in [0.25, 0.3) is 0 Å². The fourth-order valence-corrected chi connectivity index (χ4v) is 2.51. The highest BCUT2D eigenvalue weighted by Gasteiger charge is 2.24. The molecule has 0 aliphatic carbocycles. The van der Waals surface area contributed by atoms with Crippen LogP contribution in [0.2, 0.25) is 0 Å². The molecule has 98 valence electrons. The number of hydrogen-bond acceptors (Lipinski definition) is 4. The molecule has 0 aromatic heterocycles. The molecule has 0 amide bonds. The Hall–Kier alpha value is -1.76. The summed E-state index contributed by atoms with van der Waals surface area (Å²) in [6.45, 7) is 2.63. The first-order valence-corrected chi connectivity index (χ1v) is 7.12. The molecule has 1 aromatic rings. The van der Waals surface area contributed by atoms with Crippen LogP contribution in [0.5, 0.6) is 5.75 Å². The molecule has 3 N–H and O–H groups in total.